The van der Waals surface area contributed by atoms with Crippen LogP contribution in [-0.4, -0.2) is 33.5 Å². The van der Waals surface area contributed by atoms with Gasteiger partial charge in [-0.25, -0.2) is 8.78 Å². The topological polar surface area (TPSA) is 53.7 Å². The molecule has 0 bridgehead atoms. The number of alkyl halides is 2. The molecule has 0 heterocycles. The van der Waals surface area contributed by atoms with Crippen molar-refractivity contribution in [2.75, 3.05) is 39.3 Å². The monoisotopic (exact) mass is 261 g/mol. The zero-order valence-electron chi connectivity index (χ0n) is 10.2. The molecule has 18 heavy (non-hydrogen) atoms. The lowest BCUT2D eigenvalue weighted by atomic mass is 10.2. The van der Waals surface area contributed by atoms with Crippen molar-refractivity contribution >= 4 is 5.69 Å². The molecule has 4 nitrogen and oxygen atoms in total. The van der Waals surface area contributed by atoms with E-state index in [2.05, 4.69) is 0 Å². The quantitative estimate of drug-likeness (QED) is 0.576. The highest BCUT2D eigenvalue weighted by Crippen LogP contribution is 2.30. The molecule has 0 saturated carbocycles. The normalized spacial score (nSPS) is 10.9. The van der Waals surface area contributed by atoms with E-state index in [4.69, 9.17) is 19.9 Å². The van der Waals surface area contributed by atoms with Gasteiger partial charge in [0.15, 0.2) is 0 Å². The minimum Gasteiger partial charge on any atom is -0.491 e. The maximum atomic E-state index is 12.7. The lowest BCUT2D eigenvalue weighted by molar-refractivity contribution is 0.0533. The summed E-state index contributed by atoms with van der Waals surface area (Å²) in [5, 5.41) is 0. The van der Waals surface area contributed by atoms with Crippen LogP contribution in [-0.2, 0) is 9.47 Å². The molecule has 1 aromatic carbocycles. The fourth-order valence-corrected chi connectivity index (χ4v) is 1.32. The van der Waals surface area contributed by atoms with Gasteiger partial charge < -0.3 is 19.9 Å². The number of methoxy groups -OCH3 is 1. The van der Waals surface area contributed by atoms with Gasteiger partial charge in [-0.15, -0.1) is 0 Å². The molecule has 0 spiro atoms. The minimum atomic E-state index is -2.61. The molecule has 0 atom stereocenters. The van der Waals surface area contributed by atoms with E-state index in [0.717, 1.165) is 0 Å². The number of anilines is 1. The molecule has 0 saturated heterocycles. The van der Waals surface area contributed by atoms with Crippen LogP contribution in [0.25, 0.3) is 0 Å². The largest absolute Gasteiger partial charge is 0.491 e. The third-order valence-electron chi connectivity index (χ3n) is 2.19. The summed E-state index contributed by atoms with van der Waals surface area (Å²) in [7, 11) is 1.57. The van der Waals surface area contributed by atoms with E-state index in [-0.39, 0.29) is 23.6 Å². The Hall–Kier alpha value is -1.40. The van der Waals surface area contributed by atoms with Gasteiger partial charge in [-0.2, -0.15) is 0 Å². The number of benzene rings is 1. The molecule has 0 aromatic heterocycles. The van der Waals surface area contributed by atoms with E-state index in [1.807, 2.05) is 0 Å². The lowest BCUT2D eigenvalue weighted by Crippen LogP contribution is -2.11. The van der Waals surface area contributed by atoms with Crippen molar-refractivity contribution in [1.29, 1.82) is 0 Å². The molecule has 0 aliphatic heterocycles. The van der Waals surface area contributed by atoms with Crippen molar-refractivity contribution in [3.63, 3.8) is 0 Å². The Morgan fingerprint density at radius 2 is 1.89 bits per heavy atom. The predicted octanol–water partition coefficient (Wildman–Crippen LogP) is 2.25. The summed E-state index contributed by atoms with van der Waals surface area (Å²) < 4.78 is 40.6. The molecule has 0 aliphatic rings. The zero-order valence-corrected chi connectivity index (χ0v) is 10.2. The van der Waals surface area contributed by atoms with Crippen LogP contribution in [0.2, 0.25) is 0 Å². The summed E-state index contributed by atoms with van der Waals surface area (Å²) in [5.74, 6) is 0.134. The van der Waals surface area contributed by atoms with E-state index < -0.39 is 6.43 Å². The predicted molar refractivity (Wildman–Crippen MR) is 64.0 cm³/mol. The highest BCUT2D eigenvalue weighted by Gasteiger charge is 2.14. The van der Waals surface area contributed by atoms with Crippen molar-refractivity contribution < 1.29 is 23.0 Å². The third kappa shape index (κ3) is 4.85. The molecule has 1 rings (SSSR count). The zero-order chi connectivity index (χ0) is 13.4. The number of halogens is 2. The van der Waals surface area contributed by atoms with Gasteiger partial charge in [0, 0.05) is 12.8 Å². The second-order valence-corrected chi connectivity index (χ2v) is 3.55. The van der Waals surface area contributed by atoms with E-state index in [1.54, 1.807) is 7.11 Å². The van der Waals surface area contributed by atoms with Crippen LogP contribution in [0.4, 0.5) is 14.5 Å². The van der Waals surface area contributed by atoms with Crippen LogP contribution in [0, 0.1) is 0 Å². The highest BCUT2D eigenvalue weighted by atomic mass is 19.3. The SMILES string of the molecule is COCCOCCOc1ccc(N)cc1C(F)F. The molecule has 0 amide bonds. The van der Waals surface area contributed by atoms with Crippen LogP contribution in [0.15, 0.2) is 18.2 Å². The van der Waals surface area contributed by atoms with Crippen LogP contribution >= 0.6 is 0 Å². The van der Waals surface area contributed by atoms with Crippen LogP contribution < -0.4 is 10.5 Å². The Morgan fingerprint density at radius 3 is 2.56 bits per heavy atom. The number of rotatable bonds is 8. The Labute approximate surface area is 105 Å². The van der Waals surface area contributed by atoms with E-state index in [9.17, 15) is 8.78 Å². The highest BCUT2D eigenvalue weighted by molar-refractivity contribution is 5.48. The minimum absolute atomic E-state index is 0.134. The van der Waals surface area contributed by atoms with E-state index >= 15 is 0 Å². The summed E-state index contributed by atoms with van der Waals surface area (Å²) in [6.07, 6.45) is -2.61. The molecule has 2 N–H and O–H groups in total. The summed E-state index contributed by atoms with van der Waals surface area (Å²) in [6.45, 7) is 1.46. The van der Waals surface area contributed by atoms with Gasteiger partial charge in [-0.05, 0) is 18.2 Å². The molecule has 102 valence electrons. The smallest absolute Gasteiger partial charge is 0.267 e. The fraction of sp³-hybridized carbons (Fsp3) is 0.500. The first-order valence-corrected chi connectivity index (χ1v) is 5.52. The Morgan fingerprint density at radius 1 is 1.17 bits per heavy atom. The molecule has 6 heteroatoms. The van der Waals surface area contributed by atoms with Gasteiger partial charge in [0.05, 0.1) is 25.4 Å². The number of hydrogen-bond acceptors (Lipinski definition) is 4. The fourth-order valence-electron chi connectivity index (χ4n) is 1.32. The Bertz CT molecular complexity index is 361. The first-order valence-electron chi connectivity index (χ1n) is 5.52. The van der Waals surface area contributed by atoms with Crippen LogP contribution in [0.3, 0.4) is 0 Å². The van der Waals surface area contributed by atoms with Gasteiger partial charge in [-0.3, -0.25) is 0 Å². The molecule has 0 fully saturated rings. The second kappa shape index (κ2) is 7.84. The average Bonchev–Trinajstić information content (AvgIpc) is 2.35. The molecule has 0 unspecified atom stereocenters. The van der Waals surface area contributed by atoms with Crippen molar-refractivity contribution in [2.24, 2.45) is 0 Å². The number of nitrogens with two attached hydrogens (primary N) is 1. The molecule has 1 aromatic rings. The third-order valence-corrected chi connectivity index (χ3v) is 2.19. The molecular weight excluding hydrogens is 244 g/mol. The van der Waals surface area contributed by atoms with Crippen LogP contribution in [0.5, 0.6) is 5.75 Å². The summed E-state index contributed by atoms with van der Waals surface area (Å²) in [6, 6.07) is 4.17. The Balaban J connectivity index is 2.42. The van der Waals surface area contributed by atoms with Gasteiger partial charge in [0.1, 0.15) is 12.4 Å². The van der Waals surface area contributed by atoms with Crippen molar-refractivity contribution in [3.8, 4) is 5.75 Å². The Kier molecular flexibility index (Phi) is 6.38. The first-order chi connectivity index (χ1) is 8.65. The number of ether oxygens (including phenoxy) is 3. The number of nitrogen functional groups attached to an aromatic ring is 1. The first kappa shape index (κ1) is 14.7. The summed E-state index contributed by atoms with van der Waals surface area (Å²) in [4.78, 5) is 0. The van der Waals surface area contributed by atoms with Gasteiger partial charge in [0.25, 0.3) is 6.43 Å². The molecule has 0 radical (unpaired) electrons. The molecule has 0 aliphatic carbocycles. The standard InChI is InChI=1S/C12H17F2NO3/c1-16-4-5-17-6-7-18-11-3-2-9(15)8-10(11)12(13)14/h2-3,8,12H,4-7,15H2,1H3. The van der Waals surface area contributed by atoms with E-state index in [0.29, 0.717) is 19.8 Å². The maximum Gasteiger partial charge on any atom is 0.267 e. The molecular formula is C12H17F2NO3. The van der Waals surface area contributed by atoms with Crippen molar-refractivity contribution in [2.45, 2.75) is 6.43 Å². The van der Waals surface area contributed by atoms with Crippen molar-refractivity contribution in [3.05, 3.63) is 23.8 Å². The van der Waals surface area contributed by atoms with Gasteiger partial charge in [-0.1, -0.05) is 0 Å². The van der Waals surface area contributed by atoms with E-state index in [1.165, 1.54) is 18.2 Å². The van der Waals surface area contributed by atoms with Gasteiger partial charge in [0.2, 0.25) is 0 Å². The van der Waals surface area contributed by atoms with Crippen LogP contribution in [0.1, 0.15) is 12.0 Å². The average molecular weight is 261 g/mol. The van der Waals surface area contributed by atoms with Gasteiger partial charge >= 0.3 is 0 Å². The van der Waals surface area contributed by atoms with Crippen molar-refractivity contribution in [1.82, 2.24) is 0 Å². The second-order valence-electron chi connectivity index (χ2n) is 3.55. The summed E-state index contributed by atoms with van der Waals surface area (Å²) in [5.41, 5.74) is 5.53. The lowest BCUT2D eigenvalue weighted by Gasteiger charge is -2.11. The summed E-state index contributed by atoms with van der Waals surface area (Å²) >= 11 is 0. The number of hydrogen-bond donors (Lipinski definition) is 1. The maximum absolute atomic E-state index is 12.7.